The van der Waals surface area contributed by atoms with Crippen molar-refractivity contribution in [3.05, 3.63) is 18.0 Å². The van der Waals surface area contributed by atoms with E-state index in [1.807, 2.05) is 17.9 Å². The first kappa shape index (κ1) is 8.75. The maximum atomic E-state index is 5.96. The molecule has 0 spiro atoms. The second-order valence-electron chi connectivity index (χ2n) is 4.35. The van der Waals surface area contributed by atoms with Gasteiger partial charge in [-0.05, 0) is 37.2 Å². The lowest BCUT2D eigenvalue weighted by Crippen LogP contribution is -2.29. The van der Waals surface area contributed by atoms with Gasteiger partial charge in [-0.2, -0.15) is 5.10 Å². The van der Waals surface area contributed by atoms with Crippen molar-refractivity contribution in [2.24, 2.45) is 18.2 Å². The first-order valence-corrected chi connectivity index (χ1v) is 4.85. The third-order valence-electron chi connectivity index (χ3n) is 3.17. The summed E-state index contributed by atoms with van der Waals surface area (Å²) in [7, 11) is 1.95. The van der Waals surface area contributed by atoms with Gasteiger partial charge in [-0.15, -0.1) is 0 Å². The van der Waals surface area contributed by atoms with Crippen molar-refractivity contribution in [2.45, 2.75) is 32.2 Å². The van der Waals surface area contributed by atoms with E-state index in [0.717, 1.165) is 6.42 Å². The molecule has 13 heavy (non-hydrogen) atoms. The summed E-state index contributed by atoms with van der Waals surface area (Å²) in [6.45, 7) is 2.11. The molecule has 1 aromatic heterocycles. The van der Waals surface area contributed by atoms with Gasteiger partial charge in [0.2, 0.25) is 0 Å². The number of hydrogen-bond acceptors (Lipinski definition) is 2. The molecule has 0 aromatic carbocycles. The average molecular weight is 179 g/mol. The fourth-order valence-corrected chi connectivity index (χ4v) is 1.92. The van der Waals surface area contributed by atoms with E-state index in [0.29, 0.717) is 11.5 Å². The molecule has 1 heterocycles. The standard InChI is InChI=1S/C10H17N3/c1-8(11)10(3-4-10)5-9-6-12-13(2)7-9/h6-8H,3-5,11H2,1-2H3. The molecule has 1 aromatic rings. The molecule has 2 N–H and O–H groups in total. The SMILES string of the molecule is CC(N)C1(Cc2cnn(C)c2)CC1. The summed E-state index contributed by atoms with van der Waals surface area (Å²) in [5, 5.41) is 4.16. The van der Waals surface area contributed by atoms with Gasteiger partial charge in [-0.1, -0.05) is 0 Å². The van der Waals surface area contributed by atoms with Gasteiger partial charge >= 0.3 is 0 Å². The van der Waals surface area contributed by atoms with Crippen LogP contribution in [-0.4, -0.2) is 15.8 Å². The molecule has 0 aliphatic heterocycles. The Morgan fingerprint density at radius 1 is 1.69 bits per heavy atom. The maximum Gasteiger partial charge on any atom is 0.0521 e. The van der Waals surface area contributed by atoms with Crippen LogP contribution in [-0.2, 0) is 13.5 Å². The van der Waals surface area contributed by atoms with E-state index in [4.69, 9.17) is 5.73 Å². The molecule has 0 amide bonds. The average Bonchev–Trinajstić information content (AvgIpc) is 2.72. The van der Waals surface area contributed by atoms with Gasteiger partial charge in [0.25, 0.3) is 0 Å². The largest absolute Gasteiger partial charge is 0.327 e. The van der Waals surface area contributed by atoms with Gasteiger partial charge in [0.05, 0.1) is 6.20 Å². The van der Waals surface area contributed by atoms with E-state index in [1.54, 1.807) is 0 Å². The van der Waals surface area contributed by atoms with E-state index in [9.17, 15) is 0 Å². The highest BCUT2D eigenvalue weighted by Crippen LogP contribution is 2.50. The summed E-state index contributed by atoms with van der Waals surface area (Å²) in [6.07, 6.45) is 7.68. The molecular formula is C10H17N3. The molecule has 0 saturated heterocycles. The quantitative estimate of drug-likeness (QED) is 0.755. The monoisotopic (exact) mass is 179 g/mol. The van der Waals surface area contributed by atoms with Crippen LogP contribution in [0.2, 0.25) is 0 Å². The van der Waals surface area contributed by atoms with Gasteiger partial charge in [-0.25, -0.2) is 0 Å². The Labute approximate surface area is 78.9 Å². The zero-order valence-electron chi connectivity index (χ0n) is 8.33. The molecule has 72 valence electrons. The summed E-state index contributed by atoms with van der Waals surface area (Å²) in [5.41, 5.74) is 7.67. The lowest BCUT2D eigenvalue weighted by molar-refractivity contribution is 0.418. The summed E-state index contributed by atoms with van der Waals surface area (Å²) >= 11 is 0. The lowest BCUT2D eigenvalue weighted by atomic mass is 9.92. The zero-order chi connectivity index (χ0) is 9.47. The van der Waals surface area contributed by atoms with Crippen LogP contribution in [0.15, 0.2) is 12.4 Å². The van der Waals surface area contributed by atoms with E-state index in [1.165, 1.54) is 18.4 Å². The first-order valence-electron chi connectivity index (χ1n) is 4.85. The molecule has 0 radical (unpaired) electrons. The van der Waals surface area contributed by atoms with Crippen molar-refractivity contribution in [1.29, 1.82) is 0 Å². The van der Waals surface area contributed by atoms with Crippen LogP contribution in [0.3, 0.4) is 0 Å². The van der Waals surface area contributed by atoms with Crippen LogP contribution in [0.25, 0.3) is 0 Å². The summed E-state index contributed by atoms with van der Waals surface area (Å²) in [6, 6.07) is 0.313. The highest BCUT2D eigenvalue weighted by atomic mass is 15.2. The van der Waals surface area contributed by atoms with Crippen molar-refractivity contribution in [2.75, 3.05) is 0 Å². The van der Waals surface area contributed by atoms with Crippen LogP contribution < -0.4 is 5.73 Å². The minimum absolute atomic E-state index is 0.313. The smallest absolute Gasteiger partial charge is 0.0521 e. The van der Waals surface area contributed by atoms with Crippen LogP contribution in [0, 0.1) is 5.41 Å². The molecule has 1 fully saturated rings. The van der Waals surface area contributed by atoms with Gasteiger partial charge in [0.15, 0.2) is 0 Å². The van der Waals surface area contributed by atoms with Gasteiger partial charge in [0.1, 0.15) is 0 Å². The van der Waals surface area contributed by atoms with Crippen LogP contribution in [0.5, 0.6) is 0 Å². The molecule has 3 nitrogen and oxygen atoms in total. The molecule has 1 saturated carbocycles. The van der Waals surface area contributed by atoms with E-state index in [-0.39, 0.29) is 0 Å². The zero-order valence-corrected chi connectivity index (χ0v) is 8.33. The molecule has 2 rings (SSSR count). The van der Waals surface area contributed by atoms with Crippen LogP contribution in [0.1, 0.15) is 25.3 Å². The molecule has 3 heteroatoms. The summed E-state index contributed by atoms with van der Waals surface area (Å²) in [4.78, 5) is 0. The Morgan fingerprint density at radius 3 is 2.77 bits per heavy atom. The van der Waals surface area contributed by atoms with Gasteiger partial charge in [0, 0.05) is 19.3 Å². The Bertz CT molecular complexity index is 297. The molecular weight excluding hydrogens is 162 g/mol. The van der Waals surface area contributed by atoms with Gasteiger partial charge < -0.3 is 5.73 Å². The topological polar surface area (TPSA) is 43.8 Å². The second-order valence-corrected chi connectivity index (χ2v) is 4.35. The normalized spacial score (nSPS) is 21.5. The fourth-order valence-electron chi connectivity index (χ4n) is 1.92. The van der Waals surface area contributed by atoms with Crippen molar-refractivity contribution in [1.82, 2.24) is 9.78 Å². The minimum Gasteiger partial charge on any atom is -0.327 e. The molecule has 1 aliphatic carbocycles. The second kappa shape index (κ2) is 2.84. The number of nitrogens with two attached hydrogens (primary N) is 1. The number of aryl methyl sites for hydroxylation is 1. The minimum atomic E-state index is 0.313. The Morgan fingerprint density at radius 2 is 2.38 bits per heavy atom. The Balaban J connectivity index is 2.06. The van der Waals surface area contributed by atoms with E-state index >= 15 is 0 Å². The predicted molar refractivity (Wildman–Crippen MR) is 52.2 cm³/mol. The fraction of sp³-hybridized carbons (Fsp3) is 0.700. The van der Waals surface area contributed by atoms with Crippen molar-refractivity contribution < 1.29 is 0 Å². The Kier molecular flexibility index (Phi) is 1.91. The molecule has 1 unspecified atom stereocenters. The number of hydrogen-bond donors (Lipinski definition) is 1. The third-order valence-corrected chi connectivity index (χ3v) is 3.17. The summed E-state index contributed by atoms with van der Waals surface area (Å²) in [5.74, 6) is 0. The molecule has 1 atom stereocenters. The first-order chi connectivity index (χ1) is 6.12. The number of nitrogens with zero attached hydrogens (tertiary/aromatic N) is 2. The third kappa shape index (κ3) is 1.61. The van der Waals surface area contributed by atoms with Crippen molar-refractivity contribution in [3.8, 4) is 0 Å². The van der Waals surface area contributed by atoms with Crippen molar-refractivity contribution in [3.63, 3.8) is 0 Å². The van der Waals surface area contributed by atoms with Crippen molar-refractivity contribution >= 4 is 0 Å². The van der Waals surface area contributed by atoms with Gasteiger partial charge in [-0.3, -0.25) is 4.68 Å². The maximum absolute atomic E-state index is 5.96. The van der Waals surface area contributed by atoms with Crippen LogP contribution >= 0.6 is 0 Å². The highest BCUT2D eigenvalue weighted by molar-refractivity contribution is 5.13. The van der Waals surface area contributed by atoms with Crippen LogP contribution in [0.4, 0.5) is 0 Å². The van der Waals surface area contributed by atoms with E-state index in [2.05, 4.69) is 18.2 Å². The van der Waals surface area contributed by atoms with E-state index < -0.39 is 0 Å². The lowest BCUT2D eigenvalue weighted by Gasteiger charge is -2.18. The molecule has 0 bridgehead atoms. The number of rotatable bonds is 3. The Hall–Kier alpha value is -0.830. The summed E-state index contributed by atoms with van der Waals surface area (Å²) < 4.78 is 1.85. The predicted octanol–water partition coefficient (Wildman–Crippen LogP) is 1.09. The molecule has 1 aliphatic rings. The number of aromatic nitrogens is 2. The highest BCUT2D eigenvalue weighted by Gasteiger charge is 2.45.